The van der Waals surface area contributed by atoms with Crippen molar-refractivity contribution in [1.82, 2.24) is 76.0 Å². The minimum absolute atomic E-state index is 0. The largest absolute Gasteiger partial charge is 0.341 e. The summed E-state index contributed by atoms with van der Waals surface area (Å²) in [6, 6.07) is 0.116. The van der Waals surface area contributed by atoms with E-state index in [-0.39, 0.29) is 94.1 Å². The first kappa shape index (κ1) is 80.2. The van der Waals surface area contributed by atoms with Crippen molar-refractivity contribution < 1.29 is 14.4 Å². The predicted octanol–water partition coefficient (Wildman–Crippen LogP) is 3.52. The fraction of sp³-hybridized carbons (Fsp3) is 0.935. The minimum Gasteiger partial charge on any atom is -0.341 e. The van der Waals surface area contributed by atoms with E-state index in [4.69, 9.17) is 0 Å². The summed E-state index contributed by atoms with van der Waals surface area (Å²) < 4.78 is 0. The zero-order valence-corrected chi connectivity index (χ0v) is 40.6. The Kier molecular flexibility index (Phi) is 63.6. The van der Waals surface area contributed by atoms with Crippen molar-refractivity contribution >= 4 is 42.1 Å². The first-order chi connectivity index (χ1) is 27.5. The molecule has 0 atom stereocenters. The SMILES string of the molecule is C.C.C.C.C.C.C.CCN1CCN(C(=O)NC)CC1.CCN1CCN(C)CC1.CCN1CCNCC1.CN1CCNCC1.CNC(=O)N1CCN(C)CC1.CNC(=O)N1CCNCC1.I. The number of rotatable bonds is 3. The Hall–Kier alpha value is -1.82. The lowest BCUT2D eigenvalue weighted by Gasteiger charge is -2.33. The van der Waals surface area contributed by atoms with Crippen LogP contribution in [-0.2, 0) is 0 Å². The number of halogens is 1. The molecular formula is C46H116IN15O3. The number of carbonyl (C=O) groups is 3. The van der Waals surface area contributed by atoms with Gasteiger partial charge in [-0.3, -0.25) is 0 Å². The normalized spacial score (nSPS) is 18.9. The summed E-state index contributed by atoms with van der Waals surface area (Å²) in [5.74, 6) is 0. The molecule has 0 aromatic heterocycles. The molecule has 18 nitrogen and oxygen atoms in total. The highest BCUT2D eigenvalue weighted by Crippen LogP contribution is 2.01. The van der Waals surface area contributed by atoms with Crippen LogP contribution in [0, 0.1) is 0 Å². The summed E-state index contributed by atoms with van der Waals surface area (Å²) in [5.41, 5.74) is 0. The molecule has 0 aromatic rings. The quantitative estimate of drug-likeness (QED) is 0.230. The molecule has 0 unspecified atom stereocenters. The number of carbonyl (C=O) groups excluding carboxylic acids is 3. The number of amides is 6. The van der Waals surface area contributed by atoms with E-state index in [2.05, 4.69) is 103 Å². The number of nitrogens with zero attached hydrogens (tertiary/aromatic N) is 9. The van der Waals surface area contributed by atoms with Crippen molar-refractivity contribution in [2.24, 2.45) is 0 Å². The summed E-state index contributed by atoms with van der Waals surface area (Å²) in [6.45, 7) is 35.5. The second kappa shape index (κ2) is 51.6. The van der Waals surface area contributed by atoms with Gasteiger partial charge in [0.05, 0.1) is 0 Å². The van der Waals surface area contributed by atoms with Crippen molar-refractivity contribution in [1.29, 1.82) is 0 Å². The second-order valence-corrected chi connectivity index (χ2v) is 15.1. The molecule has 0 spiro atoms. The summed E-state index contributed by atoms with van der Waals surface area (Å²) in [6.07, 6.45) is 0. The van der Waals surface area contributed by atoms with Gasteiger partial charge in [0.2, 0.25) is 0 Å². The molecule has 0 radical (unpaired) electrons. The first-order valence-corrected chi connectivity index (χ1v) is 21.8. The van der Waals surface area contributed by atoms with E-state index in [9.17, 15) is 14.4 Å². The van der Waals surface area contributed by atoms with E-state index in [1.54, 1.807) is 26.0 Å². The maximum absolute atomic E-state index is 11.2. The molecule has 6 saturated heterocycles. The van der Waals surface area contributed by atoms with Crippen molar-refractivity contribution in [2.75, 3.05) is 219 Å². The van der Waals surface area contributed by atoms with E-state index < -0.39 is 0 Å². The maximum Gasteiger partial charge on any atom is 0.317 e. The van der Waals surface area contributed by atoms with Gasteiger partial charge in [-0.05, 0) is 40.8 Å². The van der Waals surface area contributed by atoms with E-state index in [1.807, 2.05) is 9.80 Å². The zero-order chi connectivity index (χ0) is 42.3. The molecule has 6 fully saturated rings. The standard InChI is InChI=1S/C8H17N3O.C7H15N3O.C7H16N2.C6H13N3O.C6H14N2.C5H12N2.7CH4.HI/c1-3-10-4-6-11(7-5-10)8(12)9-2;1-8-7(11)10-5-3-9(2)4-6-10;1-3-9-6-4-8(2)5-7-9;1-7-6(10)9-4-2-8-3-5-9;1-2-8-5-3-7-4-6-8;1-7-4-2-6-3-5-7;;;;;;;;/h3-7H2,1-2H3,(H,9,12);3-6H2,1-2H3,(H,8,11);3-7H2,1-2H3;8H,2-5H2,1H3,(H,7,10);7H,2-6H2,1H3;6H,2-5H2,1H3;7*1H4;1H. The van der Waals surface area contributed by atoms with Crippen LogP contribution in [0.25, 0.3) is 0 Å². The van der Waals surface area contributed by atoms with Gasteiger partial charge in [-0.15, -0.1) is 24.0 Å². The van der Waals surface area contributed by atoms with Gasteiger partial charge in [0.15, 0.2) is 0 Å². The predicted molar refractivity (Wildman–Crippen MR) is 298 cm³/mol. The van der Waals surface area contributed by atoms with E-state index in [1.165, 1.54) is 78.5 Å². The topological polar surface area (TPSA) is 153 Å². The monoisotopic (exact) mass is 1050 g/mol. The minimum atomic E-state index is 0. The zero-order valence-electron chi connectivity index (χ0n) is 38.2. The van der Waals surface area contributed by atoms with Gasteiger partial charge >= 0.3 is 18.1 Å². The van der Waals surface area contributed by atoms with Crippen LogP contribution in [0.1, 0.15) is 72.8 Å². The van der Waals surface area contributed by atoms with Gasteiger partial charge < -0.3 is 76.0 Å². The Morgan fingerprint density at radius 3 is 0.831 bits per heavy atom. The van der Waals surface area contributed by atoms with Gasteiger partial charge in [0.1, 0.15) is 0 Å². The number of nitrogens with one attached hydrogen (secondary N) is 6. The lowest BCUT2D eigenvalue weighted by Crippen LogP contribution is -2.50. The Bertz CT molecular complexity index is 1000. The molecule has 6 aliphatic rings. The number of hydrogen-bond acceptors (Lipinski definition) is 12. The molecule has 0 aromatic carbocycles. The Morgan fingerprint density at radius 1 is 0.354 bits per heavy atom. The van der Waals surface area contributed by atoms with Gasteiger partial charge in [0.25, 0.3) is 0 Å². The van der Waals surface area contributed by atoms with Crippen LogP contribution in [0.15, 0.2) is 0 Å². The van der Waals surface area contributed by atoms with Crippen molar-refractivity contribution in [3.05, 3.63) is 0 Å². The van der Waals surface area contributed by atoms with Gasteiger partial charge in [0, 0.05) is 178 Å². The van der Waals surface area contributed by atoms with Crippen LogP contribution in [-0.4, -0.2) is 281 Å². The molecular weight excluding hydrogens is 938 g/mol. The molecule has 6 aliphatic heterocycles. The van der Waals surface area contributed by atoms with Crippen LogP contribution >= 0.6 is 24.0 Å². The second-order valence-electron chi connectivity index (χ2n) is 15.1. The number of urea groups is 3. The van der Waals surface area contributed by atoms with Gasteiger partial charge in [-0.1, -0.05) is 72.8 Å². The molecule has 0 saturated carbocycles. The third kappa shape index (κ3) is 38.8. The van der Waals surface area contributed by atoms with Crippen LogP contribution in [0.4, 0.5) is 14.4 Å². The van der Waals surface area contributed by atoms with Gasteiger partial charge in [-0.25, -0.2) is 14.4 Å². The number of likely N-dealkylation sites (N-methyl/N-ethyl adjacent to an activating group) is 6. The molecule has 19 heteroatoms. The lowest BCUT2D eigenvalue weighted by atomic mass is 10.3. The Labute approximate surface area is 422 Å². The fourth-order valence-electron chi connectivity index (χ4n) is 6.59. The first-order valence-electron chi connectivity index (χ1n) is 21.8. The van der Waals surface area contributed by atoms with E-state index in [0.717, 1.165) is 98.2 Å². The molecule has 6 rings (SSSR count). The lowest BCUT2D eigenvalue weighted by molar-refractivity contribution is 0.144. The fourth-order valence-corrected chi connectivity index (χ4v) is 6.59. The molecule has 6 heterocycles. The Morgan fingerprint density at radius 2 is 0.569 bits per heavy atom. The summed E-state index contributed by atoms with van der Waals surface area (Å²) >= 11 is 0. The van der Waals surface area contributed by atoms with Crippen LogP contribution in [0.2, 0.25) is 0 Å². The Balaban J connectivity index is -0.0000000982. The van der Waals surface area contributed by atoms with Crippen molar-refractivity contribution in [2.45, 2.75) is 72.8 Å². The van der Waals surface area contributed by atoms with Crippen molar-refractivity contribution in [3.8, 4) is 0 Å². The highest BCUT2D eigenvalue weighted by molar-refractivity contribution is 14.0. The maximum atomic E-state index is 11.2. The molecule has 65 heavy (non-hydrogen) atoms. The molecule has 6 N–H and O–H groups in total. The average Bonchev–Trinajstić information content (AvgIpc) is 3.28. The summed E-state index contributed by atoms with van der Waals surface area (Å²) in [4.78, 5) is 52.9. The van der Waals surface area contributed by atoms with Gasteiger partial charge in [-0.2, -0.15) is 0 Å². The molecule has 0 aliphatic carbocycles. The summed E-state index contributed by atoms with van der Waals surface area (Å²) in [5, 5.41) is 17.6. The third-order valence-electron chi connectivity index (χ3n) is 11.0. The van der Waals surface area contributed by atoms with E-state index in [0.29, 0.717) is 0 Å². The highest BCUT2D eigenvalue weighted by atomic mass is 127. The summed E-state index contributed by atoms with van der Waals surface area (Å²) in [7, 11) is 11.4. The number of piperazine rings is 6. The van der Waals surface area contributed by atoms with Crippen molar-refractivity contribution in [3.63, 3.8) is 0 Å². The van der Waals surface area contributed by atoms with E-state index >= 15 is 0 Å². The van der Waals surface area contributed by atoms with Crippen LogP contribution in [0.3, 0.4) is 0 Å². The highest BCUT2D eigenvalue weighted by Gasteiger charge is 2.19. The molecule has 400 valence electrons. The van der Waals surface area contributed by atoms with Crippen LogP contribution < -0.4 is 31.9 Å². The smallest absolute Gasteiger partial charge is 0.317 e. The molecule has 6 amide bonds. The third-order valence-corrected chi connectivity index (χ3v) is 11.0. The average molecular weight is 1050 g/mol. The number of hydrogen-bond donors (Lipinski definition) is 6. The molecule has 0 bridgehead atoms. The van der Waals surface area contributed by atoms with Crippen LogP contribution in [0.5, 0.6) is 0 Å².